The molecule has 4 nitrogen and oxygen atoms in total. The average molecular weight is 298 g/mol. The molecule has 2 N–H and O–H groups in total. The van der Waals surface area contributed by atoms with Crippen molar-refractivity contribution in [2.45, 2.75) is 25.4 Å². The summed E-state index contributed by atoms with van der Waals surface area (Å²) in [5.74, 6) is -0.216. The summed E-state index contributed by atoms with van der Waals surface area (Å²) in [6.07, 6.45) is -2.76. The van der Waals surface area contributed by atoms with Crippen molar-refractivity contribution in [1.29, 1.82) is 0 Å². The Morgan fingerprint density at radius 1 is 1.47 bits per heavy atom. The Kier molecular flexibility index (Phi) is 5.99. The van der Waals surface area contributed by atoms with Gasteiger partial charge in [-0.25, -0.2) is 0 Å². The molecule has 1 rings (SSSR count). The van der Waals surface area contributed by atoms with Crippen molar-refractivity contribution in [3.63, 3.8) is 0 Å². The monoisotopic (exact) mass is 298 g/mol. The lowest BCUT2D eigenvalue weighted by atomic mass is 9.98. The van der Waals surface area contributed by atoms with Gasteiger partial charge in [0.2, 0.25) is 5.91 Å². The van der Waals surface area contributed by atoms with Gasteiger partial charge in [0, 0.05) is 19.0 Å². The number of rotatable bonds is 5. The number of halogens is 3. The zero-order valence-electron chi connectivity index (χ0n) is 10.4. The van der Waals surface area contributed by atoms with Crippen molar-refractivity contribution >= 4 is 23.1 Å². The minimum Gasteiger partial charge on any atom is -0.393 e. The molecule has 0 aliphatic carbocycles. The van der Waals surface area contributed by atoms with Gasteiger partial charge in [-0.1, -0.05) is 12.2 Å². The molecule has 1 unspecified atom stereocenters. The second-order valence-electron chi connectivity index (χ2n) is 4.50. The molecule has 0 bridgehead atoms. The first-order chi connectivity index (χ1) is 8.79. The average Bonchev–Trinajstić information content (AvgIpc) is 2.33. The quantitative estimate of drug-likeness (QED) is 0.617. The van der Waals surface area contributed by atoms with Gasteiger partial charge >= 0.3 is 6.18 Å². The Labute approximate surface area is 115 Å². The molecule has 0 aromatic heterocycles. The van der Waals surface area contributed by atoms with Crippen molar-refractivity contribution in [3.05, 3.63) is 0 Å². The first kappa shape index (κ1) is 16.2. The Bertz CT molecular complexity index is 336. The lowest BCUT2D eigenvalue weighted by Gasteiger charge is -2.32. The zero-order valence-corrected chi connectivity index (χ0v) is 11.2. The van der Waals surface area contributed by atoms with E-state index in [4.69, 9.17) is 18.0 Å². The van der Waals surface area contributed by atoms with Crippen LogP contribution in [0.25, 0.3) is 0 Å². The van der Waals surface area contributed by atoms with Crippen molar-refractivity contribution in [3.8, 4) is 0 Å². The predicted octanol–water partition coefficient (Wildman–Crippen LogP) is 1.48. The molecule has 1 fully saturated rings. The number of carbonyl (C=O) groups is 1. The van der Waals surface area contributed by atoms with Gasteiger partial charge in [-0.3, -0.25) is 4.79 Å². The van der Waals surface area contributed by atoms with Crippen LogP contribution in [0.2, 0.25) is 0 Å². The van der Waals surface area contributed by atoms with E-state index < -0.39 is 12.8 Å². The number of nitrogens with two attached hydrogens (primary N) is 1. The number of nitrogens with zero attached hydrogens (tertiary/aromatic N) is 1. The fourth-order valence-corrected chi connectivity index (χ4v) is 2.13. The van der Waals surface area contributed by atoms with Crippen LogP contribution in [0.3, 0.4) is 0 Å². The van der Waals surface area contributed by atoms with Gasteiger partial charge in [-0.2, -0.15) is 13.2 Å². The second-order valence-corrected chi connectivity index (χ2v) is 4.97. The maximum Gasteiger partial charge on any atom is 0.411 e. The second kappa shape index (κ2) is 7.04. The minimum atomic E-state index is -4.36. The Morgan fingerprint density at radius 3 is 2.74 bits per heavy atom. The van der Waals surface area contributed by atoms with Crippen molar-refractivity contribution < 1.29 is 22.7 Å². The molecule has 0 spiro atoms. The Hall–Kier alpha value is -0.890. The number of hydrogen-bond donors (Lipinski definition) is 1. The summed E-state index contributed by atoms with van der Waals surface area (Å²) in [6, 6.07) is 0. The molecular weight excluding hydrogens is 281 g/mol. The maximum absolute atomic E-state index is 11.8. The summed E-state index contributed by atoms with van der Waals surface area (Å²) in [6.45, 7) is -0.507. The van der Waals surface area contributed by atoms with Crippen molar-refractivity contribution in [2.75, 3.05) is 26.3 Å². The van der Waals surface area contributed by atoms with E-state index in [0.717, 1.165) is 12.8 Å². The van der Waals surface area contributed by atoms with Crippen LogP contribution < -0.4 is 5.73 Å². The van der Waals surface area contributed by atoms with Gasteiger partial charge in [0.1, 0.15) is 6.61 Å². The zero-order chi connectivity index (χ0) is 14.5. The summed E-state index contributed by atoms with van der Waals surface area (Å²) in [4.78, 5) is 13.7. The third-order valence-electron chi connectivity index (χ3n) is 2.90. The van der Waals surface area contributed by atoms with E-state index in [0.29, 0.717) is 18.1 Å². The highest BCUT2D eigenvalue weighted by Crippen LogP contribution is 2.18. The standard InChI is InChI=1S/C11H17F3N2O2S/c12-11(13,14)7-18-5-3-9(17)16-4-1-2-8(6-16)10(15)19/h8H,1-7H2,(H2,15,19). The van der Waals surface area contributed by atoms with Crippen LogP contribution >= 0.6 is 12.2 Å². The SMILES string of the molecule is NC(=S)C1CCCN(C(=O)CCOCC(F)(F)F)C1. The molecule has 8 heteroatoms. The van der Waals surface area contributed by atoms with E-state index in [9.17, 15) is 18.0 Å². The first-order valence-electron chi connectivity index (χ1n) is 6.01. The number of hydrogen-bond acceptors (Lipinski definition) is 3. The number of amides is 1. The third kappa shape index (κ3) is 6.20. The number of likely N-dealkylation sites (tertiary alicyclic amines) is 1. The highest BCUT2D eigenvalue weighted by atomic mass is 32.1. The van der Waals surface area contributed by atoms with Gasteiger partial charge in [0.15, 0.2) is 0 Å². The predicted molar refractivity (Wildman–Crippen MR) is 67.6 cm³/mol. The van der Waals surface area contributed by atoms with Crippen LogP contribution in [0.1, 0.15) is 19.3 Å². The summed E-state index contributed by atoms with van der Waals surface area (Å²) in [5.41, 5.74) is 5.54. The molecule has 19 heavy (non-hydrogen) atoms. The molecule has 0 aromatic carbocycles. The lowest BCUT2D eigenvalue weighted by Crippen LogP contribution is -2.43. The molecule has 0 radical (unpaired) electrons. The minimum absolute atomic E-state index is 0.00351. The van der Waals surface area contributed by atoms with Gasteiger partial charge in [0.05, 0.1) is 18.0 Å². The highest BCUT2D eigenvalue weighted by molar-refractivity contribution is 7.80. The summed E-state index contributed by atoms with van der Waals surface area (Å²) in [7, 11) is 0. The van der Waals surface area contributed by atoms with Crippen molar-refractivity contribution in [1.82, 2.24) is 4.90 Å². The molecule has 1 atom stereocenters. The van der Waals surface area contributed by atoms with E-state index in [1.807, 2.05) is 0 Å². The molecule has 1 aliphatic heterocycles. The summed E-state index contributed by atoms with van der Waals surface area (Å²) >= 11 is 4.89. The molecule has 1 heterocycles. The Balaban J connectivity index is 2.27. The van der Waals surface area contributed by atoms with E-state index in [1.54, 1.807) is 4.90 Å². The fraction of sp³-hybridized carbons (Fsp3) is 0.818. The van der Waals surface area contributed by atoms with Crippen molar-refractivity contribution in [2.24, 2.45) is 11.7 Å². The van der Waals surface area contributed by atoms with Crippen LogP contribution in [-0.2, 0) is 9.53 Å². The number of thiocarbonyl (C=S) groups is 1. The number of carbonyl (C=O) groups excluding carboxylic acids is 1. The van der Waals surface area contributed by atoms with Crippen LogP contribution in [0.15, 0.2) is 0 Å². The van der Waals surface area contributed by atoms with Crippen LogP contribution in [0, 0.1) is 5.92 Å². The number of piperidine rings is 1. The molecule has 1 aliphatic rings. The molecule has 1 saturated heterocycles. The van der Waals surface area contributed by atoms with Gasteiger partial charge in [0.25, 0.3) is 0 Å². The van der Waals surface area contributed by atoms with Gasteiger partial charge in [-0.05, 0) is 12.8 Å². The molecule has 1 amide bonds. The fourth-order valence-electron chi connectivity index (χ4n) is 1.94. The third-order valence-corrected chi connectivity index (χ3v) is 3.24. The van der Waals surface area contributed by atoms with E-state index >= 15 is 0 Å². The van der Waals surface area contributed by atoms with Gasteiger partial charge in [-0.15, -0.1) is 0 Å². The summed E-state index contributed by atoms with van der Waals surface area (Å²) < 4.78 is 39.9. The smallest absolute Gasteiger partial charge is 0.393 e. The normalized spacial score (nSPS) is 20.4. The van der Waals surface area contributed by atoms with Crippen LogP contribution in [0.5, 0.6) is 0 Å². The number of ether oxygens (including phenoxy) is 1. The largest absolute Gasteiger partial charge is 0.411 e. The number of alkyl halides is 3. The molecule has 110 valence electrons. The van der Waals surface area contributed by atoms with E-state index in [2.05, 4.69) is 4.74 Å². The van der Waals surface area contributed by atoms with Gasteiger partial charge < -0.3 is 15.4 Å². The molecule has 0 saturated carbocycles. The first-order valence-corrected chi connectivity index (χ1v) is 6.42. The topological polar surface area (TPSA) is 55.6 Å². The van der Waals surface area contributed by atoms with E-state index in [-0.39, 0.29) is 24.9 Å². The highest BCUT2D eigenvalue weighted by Gasteiger charge is 2.28. The van der Waals surface area contributed by atoms with Crippen LogP contribution in [-0.4, -0.2) is 48.3 Å². The van der Waals surface area contributed by atoms with E-state index in [1.165, 1.54) is 0 Å². The Morgan fingerprint density at radius 2 is 2.16 bits per heavy atom. The molecular formula is C11H17F3N2O2S. The maximum atomic E-state index is 11.8. The summed E-state index contributed by atoms with van der Waals surface area (Å²) in [5, 5.41) is 0. The lowest BCUT2D eigenvalue weighted by molar-refractivity contribution is -0.175. The van der Waals surface area contributed by atoms with Crippen LogP contribution in [0.4, 0.5) is 13.2 Å². The molecule has 0 aromatic rings.